The SMILES string of the molecule is CNCCCNC(=O)c1cccc(CS(=O)(=O)c2ccccc2)c1.Cl. The summed E-state index contributed by atoms with van der Waals surface area (Å²) in [5, 5.41) is 5.84. The zero-order chi connectivity index (χ0) is 17.4. The molecule has 0 saturated carbocycles. The molecule has 0 spiro atoms. The highest BCUT2D eigenvalue weighted by atomic mass is 35.5. The van der Waals surface area contributed by atoms with Crippen molar-refractivity contribution < 1.29 is 13.2 Å². The van der Waals surface area contributed by atoms with Gasteiger partial charge in [-0.2, -0.15) is 0 Å². The van der Waals surface area contributed by atoms with Crippen molar-refractivity contribution in [3.8, 4) is 0 Å². The Morgan fingerprint density at radius 2 is 1.72 bits per heavy atom. The number of hydrogen-bond acceptors (Lipinski definition) is 4. The number of halogens is 1. The number of carbonyl (C=O) groups is 1. The maximum absolute atomic E-state index is 12.4. The second-order valence-corrected chi connectivity index (χ2v) is 7.48. The first-order valence-corrected chi connectivity index (χ1v) is 9.48. The number of amides is 1. The van der Waals surface area contributed by atoms with Gasteiger partial charge in [-0.1, -0.05) is 30.3 Å². The molecule has 0 fully saturated rings. The highest BCUT2D eigenvalue weighted by Gasteiger charge is 2.15. The molecule has 0 unspecified atom stereocenters. The molecular formula is C18H23ClN2O3S. The molecule has 0 saturated heterocycles. The minimum Gasteiger partial charge on any atom is -0.352 e. The normalized spacial score (nSPS) is 10.8. The van der Waals surface area contributed by atoms with Gasteiger partial charge in [0.15, 0.2) is 9.84 Å². The molecule has 0 aromatic heterocycles. The minimum absolute atomic E-state index is 0. The highest BCUT2D eigenvalue weighted by Crippen LogP contribution is 2.17. The van der Waals surface area contributed by atoms with Crippen LogP contribution in [0.25, 0.3) is 0 Å². The van der Waals surface area contributed by atoms with Crippen molar-refractivity contribution in [1.29, 1.82) is 0 Å². The molecular weight excluding hydrogens is 360 g/mol. The predicted octanol–water partition coefficient (Wildman–Crippen LogP) is 2.42. The van der Waals surface area contributed by atoms with Gasteiger partial charge in [0, 0.05) is 12.1 Å². The average molecular weight is 383 g/mol. The molecule has 2 aromatic carbocycles. The van der Waals surface area contributed by atoms with Crippen LogP contribution in [0.15, 0.2) is 59.5 Å². The van der Waals surface area contributed by atoms with Crippen molar-refractivity contribution in [1.82, 2.24) is 10.6 Å². The molecule has 25 heavy (non-hydrogen) atoms. The molecule has 5 nitrogen and oxygen atoms in total. The second-order valence-electron chi connectivity index (χ2n) is 5.49. The number of carbonyl (C=O) groups excluding carboxylic acids is 1. The average Bonchev–Trinajstić information content (AvgIpc) is 2.59. The van der Waals surface area contributed by atoms with Gasteiger partial charge in [0.1, 0.15) is 0 Å². The molecule has 7 heteroatoms. The van der Waals surface area contributed by atoms with Crippen LogP contribution >= 0.6 is 12.4 Å². The molecule has 0 aliphatic heterocycles. The van der Waals surface area contributed by atoms with Crippen LogP contribution in [-0.2, 0) is 15.6 Å². The van der Waals surface area contributed by atoms with Crippen LogP contribution in [0.2, 0.25) is 0 Å². The van der Waals surface area contributed by atoms with Crippen LogP contribution in [0.3, 0.4) is 0 Å². The Hall–Kier alpha value is -1.89. The third-order valence-corrected chi connectivity index (χ3v) is 5.24. The Morgan fingerprint density at radius 1 is 1.00 bits per heavy atom. The summed E-state index contributed by atoms with van der Waals surface area (Å²) in [6.45, 7) is 1.40. The number of benzene rings is 2. The van der Waals surface area contributed by atoms with Crippen LogP contribution < -0.4 is 10.6 Å². The Balaban J connectivity index is 0.00000312. The summed E-state index contributed by atoms with van der Waals surface area (Å²) >= 11 is 0. The zero-order valence-corrected chi connectivity index (χ0v) is 15.7. The summed E-state index contributed by atoms with van der Waals surface area (Å²) in [6, 6.07) is 15.1. The molecule has 2 rings (SSSR count). The lowest BCUT2D eigenvalue weighted by Gasteiger charge is -2.08. The Labute approximate surface area is 155 Å². The van der Waals surface area contributed by atoms with Gasteiger partial charge in [-0.05, 0) is 49.8 Å². The van der Waals surface area contributed by atoms with E-state index in [9.17, 15) is 13.2 Å². The van der Waals surface area contributed by atoms with Gasteiger partial charge in [-0.15, -0.1) is 12.4 Å². The lowest BCUT2D eigenvalue weighted by Crippen LogP contribution is -2.26. The van der Waals surface area contributed by atoms with E-state index in [4.69, 9.17) is 0 Å². The molecule has 2 aromatic rings. The lowest BCUT2D eigenvalue weighted by atomic mass is 10.1. The van der Waals surface area contributed by atoms with Crippen molar-refractivity contribution >= 4 is 28.2 Å². The van der Waals surface area contributed by atoms with Crippen LogP contribution in [0.5, 0.6) is 0 Å². The first kappa shape index (κ1) is 21.2. The van der Waals surface area contributed by atoms with Crippen LogP contribution in [0, 0.1) is 0 Å². The molecule has 0 bridgehead atoms. The van der Waals surface area contributed by atoms with Crippen LogP contribution in [0.4, 0.5) is 0 Å². The van der Waals surface area contributed by atoms with Gasteiger partial charge in [0.25, 0.3) is 5.91 Å². The van der Waals surface area contributed by atoms with E-state index >= 15 is 0 Å². The summed E-state index contributed by atoms with van der Waals surface area (Å²) < 4.78 is 24.8. The molecule has 0 radical (unpaired) electrons. The molecule has 0 aliphatic rings. The van der Waals surface area contributed by atoms with Crippen molar-refractivity contribution in [2.24, 2.45) is 0 Å². The van der Waals surface area contributed by atoms with E-state index in [1.807, 2.05) is 7.05 Å². The summed E-state index contributed by atoms with van der Waals surface area (Å²) in [5.74, 6) is -0.317. The smallest absolute Gasteiger partial charge is 0.251 e. The van der Waals surface area contributed by atoms with Gasteiger partial charge >= 0.3 is 0 Å². The van der Waals surface area contributed by atoms with Crippen molar-refractivity contribution in [3.05, 3.63) is 65.7 Å². The highest BCUT2D eigenvalue weighted by molar-refractivity contribution is 7.90. The summed E-state index contributed by atoms with van der Waals surface area (Å²) in [7, 11) is -1.56. The quantitative estimate of drug-likeness (QED) is 0.687. The fourth-order valence-corrected chi connectivity index (χ4v) is 3.66. The summed E-state index contributed by atoms with van der Waals surface area (Å²) in [5.41, 5.74) is 1.07. The first-order chi connectivity index (χ1) is 11.5. The van der Waals surface area contributed by atoms with Gasteiger partial charge in [-0.25, -0.2) is 8.42 Å². The van der Waals surface area contributed by atoms with Crippen molar-refractivity contribution in [2.75, 3.05) is 20.1 Å². The van der Waals surface area contributed by atoms with Crippen LogP contribution in [0.1, 0.15) is 22.3 Å². The van der Waals surface area contributed by atoms with Gasteiger partial charge in [-0.3, -0.25) is 4.79 Å². The van der Waals surface area contributed by atoms with E-state index in [1.54, 1.807) is 54.6 Å². The molecule has 0 aliphatic carbocycles. The largest absolute Gasteiger partial charge is 0.352 e. The Morgan fingerprint density at radius 3 is 2.40 bits per heavy atom. The predicted molar refractivity (Wildman–Crippen MR) is 102 cm³/mol. The zero-order valence-electron chi connectivity index (χ0n) is 14.1. The van der Waals surface area contributed by atoms with Gasteiger partial charge in [0.2, 0.25) is 0 Å². The van der Waals surface area contributed by atoms with E-state index in [0.717, 1.165) is 13.0 Å². The standard InChI is InChI=1S/C18H22N2O3S.ClH/c1-19-11-6-12-20-18(21)16-8-5-7-15(13-16)14-24(22,23)17-9-3-2-4-10-17;/h2-5,7-10,13,19H,6,11-12,14H2,1H3,(H,20,21);1H. The monoisotopic (exact) mass is 382 g/mol. The fraction of sp³-hybridized carbons (Fsp3) is 0.278. The Bertz CT molecular complexity index is 780. The van der Waals surface area contributed by atoms with Gasteiger partial charge in [0.05, 0.1) is 10.6 Å². The van der Waals surface area contributed by atoms with E-state index in [2.05, 4.69) is 10.6 Å². The third-order valence-electron chi connectivity index (χ3n) is 3.54. The first-order valence-electron chi connectivity index (χ1n) is 7.82. The second kappa shape index (κ2) is 10.2. The molecule has 2 N–H and O–H groups in total. The Kier molecular flexibility index (Phi) is 8.61. The summed E-state index contributed by atoms with van der Waals surface area (Å²) in [6.07, 6.45) is 0.838. The van der Waals surface area contributed by atoms with E-state index in [0.29, 0.717) is 17.7 Å². The van der Waals surface area contributed by atoms with Crippen molar-refractivity contribution in [3.63, 3.8) is 0 Å². The summed E-state index contributed by atoms with van der Waals surface area (Å²) in [4.78, 5) is 12.4. The fourth-order valence-electron chi connectivity index (χ4n) is 2.30. The molecule has 0 heterocycles. The molecule has 1 amide bonds. The lowest BCUT2D eigenvalue weighted by molar-refractivity contribution is 0.0953. The van der Waals surface area contributed by atoms with Crippen molar-refractivity contribution in [2.45, 2.75) is 17.1 Å². The maximum atomic E-state index is 12.4. The van der Waals surface area contributed by atoms with Crippen LogP contribution in [-0.4, -0.2) is 34.5 Å². The number of sulfone groups is 1. The third kappa shape index (κ3) is 6.49. The van der Waals surface area contributed by atoms with E-state index < -0.39 is 9.84 Å². The molecule has 0 atom stereocenters. The van der Waals surface area contributed by atoms with E-state index in [-0.39, 0.29) is 29.0 Å². The number of rotatable bonds is 8. The number of hydrogen-bond donors (Lipinski definition) is 2. The minimum atomic E-state index is -3.42. The molecule has 136 valence electrons. The topological polar surface area (TPSA) is 75.3 Å². The number of nitrogens with one attached hydrogen (secondary N) is 2. The maximum Gasteiger partial charge on any atom is 0.251 e. The van der Waals surface area contributed by atoms with Gasteiger partial charge < -0.3 is 10.6 Å². The van der Waals surface area contributed by atoms with E-state index in [1.165, 1.54) is 0 Å².